The van der Waals surface area contributed by atoms with Crippen LogP contribution in [0.5, 0.6) is 5.75 Å². The fourth-order valence-corrected chi connectivity index (χ4v) is 4.58. The van der Waals surface area contributed by atoms with Crippen molar-refractivity contribution in [1.29, 1.82) is 0 Å². The van der Waals surface area contributed by atoms with Crippen LogP contribution in [0, 0.1) is 6.92 Å². The third kappa shape index (κ3) is 3.36. The highest BCUT2D eigenvalue weighted by Crippen LogP contribution is 2.35. The molecule has 4 nitrogen and oxygen atoms in total. The number of aryl methyl sites for hydroxylation is 2. The summed E-state index contributed by atoms with van der Waals surface area (Å²) in [7, 11) is 1.72. The van der Waals surface area contributed by atoms with E-state index in [-0.39, 0.29) is 6.10 Å². The predicted molar refractivity (Wildman–Crippen MR) is 104 cm³/mol. The average Bonchev–Trinajstić information content (AvgIpc) is 2.67. The summed E-state index contributed by atoms with van der Waals surface area (Å²) in [5, 5.41) is 9.98. The van der Waals surface area contributed by atoms with Crippen molar-refractivity contribution in [3.05, 3.63) is 47.3 Å². The summed E-state index contributed by atoms with van der Waals surface area (Å²) in [6, 6.07) is 9.31. The predicted octanol–water partition coefficient (Wildman–Crippen LogP) is 3.38. The number of fused-ring (bicyclic) bond motifs is 1. The summed E-state index contributed by atoms with van der Waals surface area (Å²) in [4.78, 5) is 6.95. The molecular formula is C22H28N2O2. The van der Waals surface area contributed by atoms with E-state index < -0.39 is 0 Å². The van der Waals surface area contributed by atoms with Crippen molar-refractivity contribution < 1.29 is 9.84 Å². The van der Waals surface area contributed by atoms with Crippen LogP contribution in [0.4, 0.5) is 0 Å². The van der Waals surface area contributed by atoms with Gasteiger partial charge in [-0.1, -0.05) is 18.2 Å². The van der Waals surface area contributed by atoms with E-state index in [1.54, 1.807) is 13.3 Å². The maximum atomic E-state index is 9.98. The van der Waals surface area contributed by atoms with Crippen LogP contribution in [0.1, 0.15) is 36.1 Å². The molecule has 0 bridgehead atoms. The third-order valence-electron chi connectivity index (χ3n) is 5.96. The summed E-state index contributed by atoms with van der Waals surface area (Å²) in [6.07, 6.45) is 7.08. The molecule has 26 heavy (non-hydrogen) atoms. The first-order chi connectivity index (χ1) is 12.7. The van der Waals surface area contributed by atoms with Gasteiger partial charge in [-0.2, -0.15) is 0 Å². The van der Waals surface area contributed by atoms with E-state index in [0.717, 1.165) is 55.8 Å². The molecule has 1 N–H and O–H groups in total. The number of β-amino-alcohol motifs (C(OH)–C–C–N with tert-alkyl or cyclic N) is 1. The molecule has 0 amide bonds. The van der Waals surface area contributed by atoms with E-state index in [1.807, 2.05) is 13.0 Å². The number of ether oxygens (including phenoxy) is 1. The Morgan fingerprint density at radius 1 is 1.19 bits per heavy atom. The Morgan fingerprint density at radius 3 is 2.88 bits per heavy atom. The number of pyridine rings is 1. The molecule has 2 heterocycles. The molecule has 1 fully saturated rings. The Balaban J connectivity index is 1.58. The molecule has 2 aliphatic rings. The lowest BCUT2D eigenvalue weighted by molar-refractivity contribution is 0.0427. The Hall–Kier alpha value is -1.91. The summed E-state index contributed by atoms with van der Waals surface area (Å²) in [5.41, 5.74) is 6.18. The van der Waals surface area contributed by atoms with Gasteiger partial charge in [-0.3, -0.25) is 9.88 Å². The molecule has 1 saturated heterocycles. The van der Waals surface area contributed by atoms with Gasteiger partial charge in [-0.05, 0) is 68.3 Å². The number of methoxy groups -OCH3 is 1. The highest BCUT2D eigenvalue weighted by molar-refractivity contribution is 5.73. The van der Waals surface area contributed by atoms with Crippen LogP contribution in [0.25, 0.3) is 11.1 Å². The summed E-state index contributed by atoms with van der Waals surface area (Å²) < 4.78 is 5.56. The minimum Gasteiger partial charge on any atom is -0.496 e. The van der Waals surface area contributed by atoms with E-state index in [4.69, 9.17) is 4.74 Å². The average molecular weight is 352 g/mol. The van der Waals surface area contributed by atoms with E-state index in [1.165, 1.54) is 23.1 Å². The fourth-order valence-electron chi connectivity index (χ4n) is 4.58. The first kappa shape index (κ1) is 17.5. The van der Waals surface area contributed by atoms with Gasteiger partial charge in [0, 0.05) is 30.0 Å². The van der Waals surface area contributed by atoms with Crippen molar-refractivity contribution in [2.45, 2.75) is 51.2 Å². The fraction of sp³-hybridized carbons (Fsp3) is 0.500. The van der Waals surface area contributed by atoms with Gasteiger partial charge in [0.25, 0.3) is 0 Å². The van der Waals surface area contributed by atoms with Gasteiger partial charge < -0.3 is 9.84 Å². The van der Waals surface area contributed by atoms with Crippen molar-refractivity contribution >= 4 is 0 Å². The molecule has 4 heteroatoms. The smallest absolute Gasteiger partial charge is 0.130 e. The van der Waals surface area contributed by atoms with Crippen LogP contribution in [0.3, 0.4) is 0 Å². The number of benzene rings is 1. The molecule has 0 saturated carbocycles. The molecule has 1 aliphatic heterocycles. The molecule has 0 spiro atoms. The van der Waals surface area contributed by atoms with Gasteiger partial charge in [-0.25, -0.2) is 0 Å². The lowest BCUT2D eigenvalue weighted by Gasteiger charge is -2.39. The monoisotopic (exact) mass is 352 g/mol. The first-order valence-corrected chi connectivity index (χ1v) is 9.69. The maximum absolute atomic E-state index is 9.98. The number of likely N-dealkylation sites (tertiary alicyclic amines) is 1. The number of rotatable bonds is 3. The quantitative estimate of drug-likeness (QED) is 0.920. The minimum atomic E-state index is -0.145. The molecule has 138 valence electrons. The molecular weight excluding hydrogens is 324 g/mol. The summed E-state index contributed by atoms with van der Waals surface area (Å²) in [5.74, 6) is 0.883. The van der Waals surface area contributed by atoms with Gasteiger partial charge in [0.15, 0.2) is 0 Å². The van der Waals surface area contributed by atoms with Crippen molar-refractivity contribution in [2.24, 2.45) is 0 Å². The molecule has 2 unspecified atom stereocenters. The Bertz CT molecular complexity index is 790. The first-order valence-electron chi connectivity index (χ1n) is 9.69. The maximum Gasteiger partial charge on any atom is 0.130 e. The second-order valence-corrected chi connectivity index (χ2v) is 7.64. The van der Waals surface area contributed by atoms with E-state index >= 15 is 0 Å². The molecule has 1 aromatic carbocycles. The van der Waals surface area contributed by atoms with Crippen LogP contribution >= 0.6 is 0 Å². The Morgan fingerprint density at radius 2 is 2.08 bits per heavy atom. The lowest BCUT2D eigenvalue weighted by atomic mass is 9.84. The molecule has 2 atom stereocenters. The van der Waals surface area contributed by atoms with Gasteiger partial charge in [-0.15, -0.1) is 0 Å². The standard InChI is InChI=1S/C22H28N2O2/c1-15-22(21(26-2)9-10-23-15)18-6-5-17-13-19(8-7-16(17)12-18)24-11-3-4-20(25)14-24/h5-6,9-10,12,19-20,25H,3-4,7-8,11,13-14H2,1-2H3. The molecule has 1 aromatic heterocycles. The zero-order valence-corrected chi connectivity index (χ0v) is 15.7. The van der Waals surface area contributed by atoms with E-state index in [2.05, 4.69) is 28.1 Å². The second kappa shape index (κ2) is 7.37. The van der Waals surface area contributed by atoms with Crippen molar-refractivity contribution in [3.63, 3.8) is 0 Å². The van der Waals surface area contributed by atoms with Crippen molar-refractivity contribution in [2.75, 3.05) is 20.2 Å². The second-order valence-electron chi connectivity index (χ2n) is 7.64. The number of aromatic nitrogens is 1. The number of aliphatic hydroxyl groups excluding tert-OH is 1. The number of nitrogens with zero attached hydrogens (tertiary/aromatic N) is 2. The minimum absolute atomic E-state index is 0.145. The van der Waals surface area contributed by atoms with Crippen LogP contribution in [-0.4, -0.2) is 47.3 Å². The van der Waals surface area contributed by atoms with Crippen LogP contribution in [0.15, 0.2) is 30.5 Å². The highest BCUT2D eigenvalue weighted by Gasteiger charge is 2.28. The summed E-state index contributed by atoms with van der Waals surface area (Å²) in [6.45, 7) is 4.00. The topological polar surface area (TPSA) is 45.6 Å². The Kier molecular flexibility index (Phi) is 4.96. The van der Waals surface area contributed by atoms with Gasteiger partial charge >= 0.3 is 0 Å². The largest absolute Gasteiger partial charge is 0.496 e. The third-order valence-corrected chi connectivity index (χ3v) is 5.96. The molecule has 2 aromatic rings. The number of hydrogen-bond donors (Lipinski definition) is 1. The molecule has 0 radical (unpaired) electrons. The van der Waals surface area contributed by atoms with Crippen LogP contribution in [0.2, 0.25) is 0 Å². The van der Waals surface area contributed by atoms with E-state index in [9.17, 15) is 5.11 Å². The SMILES string of the molecule is COc1ccnc(C)c1-c1ccc2c(c1)CCC(N1CCCC(O)C1)C2. The normalized spacial score (nSPS) is 23.5. The number of piperidine rings is 1. The van der Waals surface area contributed by atoms with E-state index in [0.29, 0.717) is 6.04 Å². The van der Waals surface area contributed by atoms with Crippen LogP contribution in [-0.2, 0) is 12.8 Å². The van der Waals surface area contributed by atoms with Crippen molar-refractivity contribution in [3.8, 4) is 16.9 Å². The molecule has 1 aliphatic carbocycles. The molecule has 4 rings (SSSR count). The number of hydrogen-bond acceptors (Lipinski definition) is 4. The summed E-state index contributed by atoms with van der Waals surface area (Å²) >= 11 is 0. The van der Waals surface area contributed by atoms with Crippen molar-refractivity contribution in [1.82, 2.24) is 9.88 Å². The zero-order chi connectivity index (χ0) is 18.1. The zero-order valence-electron chi connectivity index (χ0n) is 15.7. The van der Waals surface area contributed by atoms with Gasteiger partial charge in [0.1, 0.15) is 5.75 Å². The van der Waals surface area contributed by atoms with Gasteiger partial charge in [0.2, 0.25) is 0 Å². The number of aliphatic hydroxyl groups is 1. The van der Waals surface area contributed by atoms with Gasteiger partial charge in [0.05, 0.1) is 13.2 Å². The lowest BCUT2D eigenvalue weighted by Crippen LogP contribution is -2.46. The van der Waals surface area contributed by atoms with Crippen LogP contribution < -0.4 is 4.74 Å². The Labute approximate surface area is 155 Å². The highest BCUT2D eigenvalue weighted by atomic mass is 16.5.